The van der Waals surface area contributed by atoms with Gasteiger partial charge in [-0.25, -0.2) is 4.39 Å². The van der Waals surface area contributed by atoms with Crippen LogP contribution in [0.3, 0.4) is 0 Å². The van der Waals surface area contributed by atoms with E-state index in [1.54, 1.807) is 13.8 Å². The number of halogens is 1. The quantitative estimate of drug-likeness (QED) is 0.591. The second kappa shape index (κ2) is 6.11. The highest BCUT2D eigenvalue weighted by molar-refractivity contribution is 5.95. The molecule has 118 valence electrons. The normalized spacial score (nSPS) is 11.4. The molecule has 3 rings (SSSR count). The molecule has 0 saturated carbocycles. The average molecular weight is 307 g/mol. The zero-order valence-corrected chi connectivity index (χ0v) is 14.2. The van der Waals surface area contributed by atoms with E-state index in [1.807, 2.05) is 24.4 Å². The molecule has 0 aliphatic rings. The Kier molecular flexibility index (Phi) is 4.16. The molecule has 2 aromatic carbocycles. The Morgan fingerprint density at radius 1 is 1.00 bits per heavy atom. The predicted octanol–water partition coefficient (Wildman–Crippen LogP) is 5.86. The lowest BCUT2D eigenvalue weighted by Gasteiger charge is -2.11. The summed E-state index contributed by atoms with van der Waals surface area (Å²) in [4.78, 5) is 4.56. The lowest BCUT2D eigenvalue weighted by atomic mass is 9.96. The van der Waals surface area contributed by atoms with Crippen molar-refractivity contribution in [1.29, 1.82) is 0 Å². The van der Waals surface area contributed by atoms with E-state index in [-0.39, 0.29) is 5.82 Å². The molecule has 0 amide bonds. The number of hydrogen-bond acceptors (Lipinski definition) is 1. The number of fused-ring (bicyclic) bond motifs is 1. The monoisotopic (exact) mass is 307 g/mol. The van der Waals surface area contributed by atoms with E-state index >= 15 is 0 Å². The maximum Gasteiger partial charge on any atom is 0.129 e. The van der Waals surface area contributed by atoms with Crippen molar-refractivity contribution in [3.63, 3.8) is 0 Å². The second-order valence-corrected chi connectivity index (χ2v) is 6.74. The van der Waals surface area contributed by atoms with Crippen molar-refractivity contribution >= 4 is 10.8 Å². The van der Waals surface area contributed by atoms with Gasteiger partial charge in [0.1, 0.15) is 5.82 Å². The molecule has 0 saturated heterocycles. The fourth-order valence-electron chi connectivity index (χ4n) is 3.14. The first-order valence-corrected chi connectivity index (χ1v) is 8.10. The van der Waals surface area contributed by atoms with Gasteiger partial charge in [-0.15, -0.1) is 0 Å². The molecule has 0 radical (unpaired) electrons. The van der Waals surface area contributed by atoms with Crippen LogP contribution in [0.1, 0.15) is 30.5 Å². The first kappa shape index (κ1) is 15.7. The van der Waals surface area contributed by atoms with E-state index in [0.717, 1.165) is 23.1 Å². The molecule has 0 spiro atoms. The van der Waals surface area contributed by atoms with Gasteiger partial charge in [0.05, 0.1) is 5.69 Å². The summed E-state index contributed by atoms with van der Waals surface area (Å²) in [5.74, 6) is 0.504. The lowest BCUT2D eigenvalue weighted by Crippen LogP contribution is -1.95. The summed E-state index contributed by atoms with van der Waals surface area (Å²) in [6.07, 6.45) is 2.91. The van der Waals surface area contributed by atoms with E-state index in [2.05, 4.69) is 37.0 Å². The van der Waals surface area contributed by atoms with Crippen molar-refractivity contribution in [1.82, 2.24) is 4.98 Å². The number of pyridine rings is 1. The molecule has 0 unspecified atom stereocenters. The summed E-state index contributed by atoms with van der Waals surface area (Å²) in [6.45, 7) is 8.06. The van der Waals surface area contributed by atoms with Crippen LogP contribution >= 0.6 is 0 Å². The molecular weight excluding hydrogens is 285 g/mol. The Balaban J connectivity index is 2.15. The molecule has 0 fully saturated rings. The molecule has 3 aromatic rings. The predicted molar refractivity (Wildman–Crippen MR) is 95.2 cm³/mol. The highest BCUT2D eigenvalue weighted by Crippen LogP contribution is 2.30. The smallest absolute Gasteiger partial charge is 0.129 e. The van der Waals surface area contributed by atoms with Crippen LogP contribution in [0.2, 0.25) is 0 Å². The van der Waals surface area contributed by atoms with Gasteiger partial charge in [0.2, 0.25) is 0 Å². The third-order valence-electron chi connectivity index (χ3n) is 4.18. The molecule has 0 aliphatic heterocycles. The Labute approximate surface area is 137 Å². The van der Waals surface area contributed by atoms with Crippen molar-refractivity contribution in [2.24, 2.45) is 5.92 Å². The maximum atomic E-state index is 13.9. The summed E-state index contributed by atoms with van der Waals surface area (Å²) >= 11 is 0. The SMILES string of the molecule is Cc1cc(-c2nccc3cc(CC(C)C)ccc23)cc(C)c1F. The minimum absolute atomic E-state index is 0.131. The van der Waals surface area contributed by atoms with Crippen molar-refractivity contribution in [2.45, 2.75) is 34.1 Å². The van der Waals surface area contributed by atoms with Gasteiger partial charge >= 0.3 is 0 Å². The fourth-order valence-corrected chi connectivity index (χ4v) is 3.14. The molecule has 23 heavy (non-hydrogen) atoms. The van der Waals surface area contributed by atoms with E-state index in [4.69, 9.17) is 0 Å². The number of nitrogens with zero attached hydrogens (tertiary/aromatic N) is 1. The molecule has 0 atom stereocenters. The molecule has 2 heteroatoms. The minimum Gasteiger partial charge on any atom is -0.256 e. The van der Waals surface area contributed by atoms with Crippen molar-refractivity contribution < 1.29 is 4.39 Å². The highest BCUT2D eigenvalue weighted by Gasteiger charge is 2.10. The van der Waals surface area contributed by atoms with Crippen LogP contribution in [0, 0.1) is 25.6 Å². The van der Waals surface area contributed by atoms with E-state index in [0.29, 0.717) is 17.0 Å². The Morgan fingerprint density at radius 3 is 2.35 bits per heavy atom. The van der Waals surface area contributed by atoms with Crippen LogP contribution in [0.15, 0.2) is 42.6 Å². The summed E-state index contributed by atoms with van der Waals surface area (Å²) in [5, 5.41) is 2.30. The Bertz CT molecular complexity index is 842. The lowest BCUT2D eigenvalue weighted by molar-refractivity contribution is 0.609. The molecule has 0 aliphatic carbocycles. The van der Waals surface area contributed by atoms with Crippen LogP contribution in [-0.4, -0.2) is 4.98 Å². The summed E-state index contributed by atoms with van der Waals surface area (Å²) < 4.78 is 13.9. The molecule has 0 N–H and O–H groups in total. The summed E-state index contributed by atoms with van der Waals surface area (Å²) in [5.41, 5.74) is 4.56. The summed E-state index contributed by atoms with van der Waals surface area (Å²) in [7, 11) is 0. The minimum atomic E-state index is -0.131. The van der Waals surface area contributed by atoms with Gasteiger partial charge in [-0.1, -0.05) is 32.0 Å². The van der Waals surface area contributed by atoms with E-state index in [1.165, 1.54) is 10.9 Å². The molecule has 1 heterocycles. The third kappa shape index (κ3) is 3.12. The van der Waals surface area contributed by atoms with E-state index in [9.17, 15) is 4.39 Å². The Hall–Kier alpha value is -2.22. The van der Waals surface area contributed by atoms with E-state index < -0.39 is 0 Å². The first-order chi connectivity index (χ1) is 11.0. The van der Waals surface area contributed by atoms with Gasteiger partial charge in [-0.3, -0.25) is 4.98 Å². The van der Waals surface area contributed by atoms with Gasteiger partial charge in [-0.05, 0) is 66.5 Å². The second-order valence-electron chi connectivity index (χ2n) is 6.74. The third-order valence-corrected chi connectivity index (χ3v) is 4.18. The summed E-state index contributed by atoms with van der Waals surface area (Å²) in [6, 6.07) is 12.4. The number of benzene rings is 2. The number of rotatable bonds is 3. The standard InChI is InChI=1S/C21H22FN/c1-13(2)9-16-5-6-19-17(12-16)7-8-23-21(19)18-10-14(3)20(22)15(4)11-18/h5-8,10-13H,9H2,1-4H3. The van der Waals surface area contributed by atoms with Crippen LogP contribution in [0.5, 0.6) is 0 Å². The average Bonchev–Trinajstić information content (AvgIpc) is 2.50. The molecule has 1 nitrogen and oxygen atoms in total. The number of aromatic nitrogens is 1. The first-order valence-electron chi connectivity index (χ1n) is 8.10. The maximum absolute atomic E-state index is 13.9. The number of hydrogen-bond donors (Lipinski definition) is 0. The van der Waals surface area contributed by atoms with Crippen molar-refractivity contribution in [3.8, 4) is 11.3 Å². The largest absolute Gasteiger partial charge is 0.256 e. The van der Waals surface area contributed by atoms with Crippen LogP contribution in [0.4, 0.5) is 4.39 Å². The van der Waals surface area contributed by atoms with Crippen LogP contribution in [0.25, 0.3) is 22.0 Å². The van der Waals surface area contributed by atoms with Crippen molar-refractivity contribution in [2.75, 3.05) is 0 Å². The van der Waals surface area contributed by atoms with Crippen LogP contribution < -0.4 is 0 Å². The molecular formula is C21H22FN. The van der Waals surface area contributed by atoms with Gasteiger partial charge in [-0.2, -0.15) is 0 Å². The van der Waals surface area contributed by atoms with Crippen LogP contribution in [-0.2, 0) is 6.42 Å². The fraction of sp³-hybridized carbons (Fsp3) is 0.286. The van der Waals surface area contributed by atoms with Gasteiger partial charge < -0.3 is 0 Å². The van der Waals surface area contributed by atoms with Gasteiger partial charge in [0.25, 0.3) is 0 Å². The zero-order valence-electron chi connectivity index (χ0n) is 14.2. The molecule has 0 bridgehead atoms. The van der Waals surface area contributed by atoms with Gasteiger partial charge in [0.15, 0.2) is 0 Å². The Morgan fingerprint density at radius 2 is 1.70 bits per heavy atom. The van der Waals surface area contributed by atoms with Gasteiger partial charge in [0, 0.05) is 17.1 Å². The zero-order chi connectivity index (χ0) is 16.6. The number of aryl methyl sites for hydroxylation is 2. The van der Waals surface area contributed by atoms with Crippen molar-refractivity contribution in [3.05, 3.63) is 65.1 Å². The molecule has 1 aromatic heterocycles. The highest BCUT2D eigenvalue weighted by atomic mass is 19.1. The topological polar surface area (TPSA) is 12.9 Å².